The molecule has 0 spiro atoms. The van der Waals surface area contributed by atoms with E-state index in [1.165, 1.54) is 12.5 Å². The molecule has 204 valence electrons. The van der Waals surface area contributed by atoms with Crippen molar-refractivity contribution >= 4 is 23.7 Å². The van der Waals surface area contributed by atoms with Gasteiger partial charge in [0, 0.05) is 18.3 Å². The minimum atomic E-state index is -1.15. The Kier molecular flexibility index (Phi) is 13.7. The van der Waals surface area contributed by atoms with Crippen molar-refractivity contribution in [1.29, 1.82) is 0 Å². The summed E-state index contributed by atoms with van der Waals surface area (Å²) < 4.78 is 0. The Balaban J connectivity index is 3.03. The van der Waals surface area contributed by atoms with Crippen LogP contribution in [0.15, 0.2) is 12.5 Å². The van der Waals surface area contributed by atoms with Crippen LogP contribution in [0.4, 0.5) is 0 Å². The molecule has 1 heterocycles. The normalized spacial score (nSPS) is 15.4. The number of rotatable bonds is 17. The summed E-state index contributed by atoms with van der Waals surface area (Å²) in [6, 6.07) is -3.90. The molecule has 36 heavy (non-hydrogen) atoms. The molecule has 9 N–H and O–H groups in total. The van der Waals surface area contributed by atoms with E-state index in [0.29, 0.717) is 31.5 Å². The summed E-state index contributed by atoms with van der Waals surface area (Å²) >= 11 is 0. The zero-order valence-corrected chi connectivity index (χ0v) is 21.8. The molecule has 12 heteroatoms. The summed E-state index contributed by atoms with van der Waals surface area (Å²) in [6.45, 7) is 7.97. The second-order valence-electron chi connectivity index (χ2n) is 9.63. The molecule has 0 radical (unpaired) electrons. The van der Waals surface area contributed by atoms with Gasteiger partial charge in [-0.3, -0.25) is 14.4 Å². The molecule has 0 saturated heterocycles. The number of nitrogens with zero attached hydrogens (tertiary/aromatic N) is 1. The van der Waals surface area contributed by atoms with Crippen LogP contribution in [0.3, 0.4) is 0 Å². The fourth-order valence-corrected chi connectivity index (χ4v) is 3.60. The number of carboxylic acids is 1. The molecule has 1 aromatic rings. The molecule has 0 aromatic carbocycles. The molecule has 0 aliphatic rings. The number of carbonyl (C=O) groups excluding carboxylic acids is 3. The number of imidazole rings is 1. The molecule has 1 aromatic heterocycles. The smallest absolute Gasteiger partial charge is 0.326 e. The predicted molar refractivity (Wildman–Crippen MR) is 136 cm³/mol. The van der Waals surface area contributed by atoms with E-state index < -0.39 is 47.9 Å². The summed E-state index contributed by atoms with van der Waals surface area (Å²) in [5, 5.41) is 17.5. The van der Waals surface area contributed by atoms with Gasteiger partial charge in [-0.2, -0.15) is 0 Å². The maximum absolute atomic E-state index is 13.3. The van der Waals surface area contributed by atoms with Crippen LogP contribution in [0.1, 0.15) is 65.5 Å². The Morgan fingerprint density at radius 3 is 2.14 bits per heavy atom. The molecule has 5 unspecified atom stereocenters. The maximum Gasteiger partial charge on any atom is 0.326 e. The van der Waals surface area contributed by atoms with Crippen molar-refractivity contribution in [2.24, 2.45) is 23.3 Å². The van der Waals surface area contributed by atoms with Gasteiger partial charge in [-0.1, -0.05) is 34.1 Å². The Morgan fingerprint density at radius 1 is 1.00 bits per heavy atom. The first-order valence-electron chi connectivity index (χ1n) is 12.6. The first-order chi connectivity index (χ1) is 17.0. The van der Waals surface area contributed by atoms with Crippen LogP contribution < -0.4 is 27.4 Å². The van der Waals surface area contributed by atoms with E-state index in [1.54, 1.807) is 0 Å². The number of hydrogen-bond donors (Lipinski definition) is 7. The van der Waals surface area contributed by atoms with Gasteiger partial charge in [0.05, 0.1) is 12.4 Å². The standard InChI is InChI=1S/C24H43N7O5/c1-5-15(4)20(26)23(34)31-19(11-16-12-27-13-28-16)22(33)30-18(10-14(2)3)21(32)29-17(24(35)36)8-6-7-9-25/h12-15,17-20H,5-11,25-26H2,1-4H3,(H,27,28)(H,29,32)(H,30,33)(H,31,34)(H,35,36). The van der Waals surface area contributed by atoms with Crippen LogP contribution in [0.25, 0.3) is 0 Å². The average Bonchev–Trinajstić information content (AvgIpc) is 3.34. The topological polar surface area (TPSA) is 205 Å². The predicted octanol–water partition coefficient (Wildman–Crippen LogP) is 0.0397. The molecule has 0 saturated carbocycles. The number of unbranched alkanes of at least 4 members (excludes halogenated alkanes) is 1. The van der Waals surface area contributed by atoms with Crippen LogP contribution in [-0.2, 0) is 25.6 Å². The maximum atomic E-state index is 13.3. The molecule has 12 nitrogen and oxygen atoms in total. The molecule has 1 rings (SSSR count). The van der Waals surface area contributed by atoms with Gasteiger partial charge in [0.2, 0.25) is 17.7 Å². The number of aromatic amines is 1. The molecule has 3 amide bonds. The lowest BCUT2D eigenvalue weighted by atomic mass is 9.98. The van der Waals surface area contributed by atoms with Crippen molar-refractivity contribution in [3.8, 4) is 0 Å². The van der Waals surface area contributed by atoms with E-state index in [1.807, 2.05) is 27.7 Å². The van der Waals surface area contributed by atoms with Crippen LogP contribution in [-0.4, -0.2) is 69.5 Å². The van der Waals surface area contributed by atoms with Crippen molar-refractivity contribution in [1.82, 2.24) is 25.9 Å². The largest absolute Gasteiger partial charge is 0.480 e. The highest BCUT2D eigenvalue weighted by Crippen LogP contribution is 2.10. The highest BCUT2D eigenvalue weighted by molar-refractivity contribution is 5.94. The summed E-state index contributed by atoms with van der Waals surface area (Å²) in [6.07, 6.45) is 5.50. The van der Waals surface area contributed by atoms with Crippen LogP contribution in [0, 0.1) is 11.8 Å². The lowest BCUT2D eigenvalue weighted by molar-refractivity contribution is -0.142. The zero-order chi connectivity index (χ0) is 27.3. The van der Waals surface area contributed by atoms with Gasteiger partial charge in [0.25, 0.3) is 0 Å². The van der Waals surface area contributed by atoms with Crippen molar-refractivity contribution in [2.75, 3.05) is 6.54 Å². The molecule has 0 aliphatic heterocycles. The number of amides is 3. The summed E-state index contributed by atoms with van der Waals surface area (Å²) in [4.78, 5) is 57.5. The first-order valence-corrected chi connectivity index (χ1v) is 12.6. The Morgan fingerprint density at radius 2 is 1.61 bits per heavy atom. The Hall–Kier alpha value is -2.99. The van der Waals surface area contributed by atoms with E-state index in [9.17, 15) is 24.3 Å². The van der Waals surface area contributed by atoms with Gasteiger partial charge in [-0.25, -0.2) is 9.78 Å². The van der Waals surface area contributed by atoms with Gasteiger partial charge >= 0.3 is 5.97 Å². The number of aromatic nitrogens is 2. The zero-order valence-electron chi connectivity index (χ0n) is 21.8. The van der Waals surface area contributed by atoms with Gasteiger partial charge in [-0.05, 0) is 44.1 Å². The van der Waals surface area contributed by atoms with Crippen LogP contribution >= 0.6 is 0 Å². The number of nitrogens with two attached hydrogens (primary N) is 2. The Bertz CT molecular complexity index is 831. The molecular formula is C24H43N7O5. The highest BCUT2D eigenvalue weighted by Gasteiger charge is 2.31. The first kappa shape index (κ1) is 31.0. The number of carbonyl (C=O) groups is 4. The second kappa shape index (κ2) is 15.9. The third-order valence-corrected chi connectivity index (χ3v) is 6.07. The minimum Gasteiger partial charge on any atom is -0.480 e. The third kappa shape index (κ3) is 10.7. The van der Waals surface area contributed by atoms with Crippen LogP contribution in [0.5, 0.6) is 0 Å². The Labute approximate surface area is 212 Å². The number of nitrogens with one attached hydrogen (secondary N) is 4. The van der Waals surface area contributed by atoms with Crippen molar-refractivity contribution in [2.45, 2.75) is 90.4 Å². The van der Waals surface area contributed by atoms with E-state index in [2.05, 4.69) is 25.9 Å². The lowest BCUT2D eigenvalue weighted by Gasteiger charge is -2.26. The average molecular weight is 510 g/mol. The summed E-state index contributed by atoms with van der Waals surface area (Å²) in [7, 11) is 0. The quantitative estimate of drug-likeness (QED) is 0.142. The molecular weight excluding hydrogens is 466 g/mol. The van der Waals surface area contributed by atoms with E-state index in [-0.39, 0.29) is 31.1 Å². The second-order valence-corrected chi connectivity index (χ2v) is 9.63. The molecule has 0 aliphatic carbocycles. The molecule has 0 bridgehead atoms. The summed E-state index contributed by atoms with van der Waals surface area (Å²) in [5.74, 6) is -2.86. The van der Waals surface area contributed by atoms with Crippen molar-refractivity contribution in [3.05, 3.63) is 18.2 Å². The van der Waals surface area contributed by atoms with Gasteiger partial charge in [0.1, 0.15) is 18.1 Å². The third-order valence-electron chi connectivity index (χ3n) is 6.07. The monoisotopic (exact) mass is 509 g/mol. The van der Waals surface area contributed by atoms with Gasteiger partial charge < -0.3 is 37.5 Å². The van der Waals surface area contributed by atoms with E-state index in [4.69, 9.17) is 11.5 Å². The highest BCUT2D eigenvalue weighted by atomic mass is 16.4. The SMILES string of the molecule is CCC(C)C(N)C(=O)NC(Cc1cnc[nH]1)C(=O)NC(CC(C)C)C(=O)NC(CCCCN)C(=O)O. The number of hydrogen-bond acceptors (Lipinski definition) is 7. The van der Waals surface area contributed by atoms with E-state index in [0.717, 1.165) is 0 Å². The molecule has 0 fully saturated rings. The van der Waals surface area contributed by atoms with Crippen LogP contribution in [0.2, 0.25) is 0 Å². The van der Waals surface area contributed by atoms with Crippen molar-refractivity contribution in [3.63, 3.8) is 0 Å². The number of carboxylic acid groups (broad SMARTS) is 1. The van der Waals surface area contributed by atoms with Gasteiger partial charge in [0.15, 0.2) is 0 Å². The number of H-pyrrole nitrogens is 1. The minimum absolute atomic E-state index is 0.0287. The fourth-order valence-electron chi connectivity index (χ4n) is 3.60. The van der Waals surface area contributed by atoms with E-state index >= 15 is 0 Å². The summed E-state index contributed by atoms with van der Waals surface area (Å²) in [5.41, 5.74) is 12.1. The lowest BCUT2D eigenvalue weighted by Crippen LogP contribution is -2.58. The van der Waals surface area contributed by atoms with Gasteiger partial charge in [-0.15, -0.1) is 0 Å². The fraction of sp³-hybridized carbons (Fsp3) is 0.708. The molecule has 5 atom stereocenters. The van der Waals surface area contributed by atoms with Crippen molar-refractivity contribution < 1.29 is 24.3 Å². The number of aliphatic carboxylic acids is 1.